The molecule has 0 bridgehead atoms. The van der Waals surface area contributed by atoms with Crippen LogP contribution in [0.1, 0.15) is 22.8 Å². The van der Waals surface area contributed by atoms with Crippen molar-refractivity contribution in [3.05, 3.63) is 57.8 Å². The van der Waals surface area contributed by atoms with E-state index in [1.54, 1.807) is 0 Å². The van der Waals surface area contributed by atoms with Gasteiger partial charge >= 0.3 is 0 Å². The Hall–Kier alpha value is -1.69. The summed E-state index contributed by atoms with van der Waals surface area (Å²) in [5.41, 5.74) is 8.37. The zero-order valence-corrected chi connectivity index (χ0v) is 11.9. The van der Waals surface area contributed by atoms with Crippen molar-refractivity contribution in [2.45, 2.75) is 19.1 Å². The van der Waals surface area contributed by atoms with E-state index in [1.807, 2.05) is 41.1 Å². The van der Waals surface area contributed by atoms with Gasteiger partial charge in [0.15, 0.2) is 0 Å². The van der Waals surface area contributed by atoms with E-state index in [0.29, 0.717) is 6.54 Å². The molecule has 0 aliphatic heterocycles. The number of aliphatic hydroxyl groups is 1. The Kier molecular flexibility index (Phi) is 5.29. The van der Waals surface area contributed by atoms with Crippen LogP contribution in [-0.4, -0.2) is 17.6 Å². The average molecular weight is 290 g/mol. The lowest BCUT2D eigenvalue weighted by Crippen LogP contribution is -2.29. The smallest absolute Gasteiger partial charge is 0.224 e. The Morgan fingerprint density at radius 3 is 2.70 bits per heavy atom. The molecular weight excluding hydrogens is 272 g/mol. The molecule has 4 N–H and O–H groups in total. The van der Waals surface area contributed by atoms with Gasteiger partial charge in [-0.05, 0) is 33.5 Å². The van der Waals surface area contributed by atoms with Crippen molar-refractivity contribution in [2.24, 2.45) is 5.73 Å². The fourth-order valence-corrected chi connectivity index (χ4v) is 2.66. The maximum absolute atomic E-state index is 11.9. The Morgan fingerprint density at radius 2 is 2.05 bits per heavy atom. The molecule has 2 aromatic rings. The molecule has 1 heterocycles. The zero-order valence-electron chi connectivity index (χ0n) is 11.1. The first-order valence-electron chi connectivity index (χ1n) is 6.44. The first-order chi connectivity index (χ1) is 9.70. The van der Waals surface area contributed by atoms with Gasteiger partial charge < -0.3 is 16.2 Å². The minimum Gasteiger partial charge on any atom is -0.387 e. The Morgan fingerprint density at radius 1 is 1.30 bits per heavy atom. The van der Waals surface area contributed by atoms with Gasteiger partial charge in [-0.25, -0.2) is 0 Å². The summed E-state index contributed by atoms with van der Waals surface area (Å²) in [5.74, 6) is -0.111. The molecule has 0 fully saturated rings. The second kappa shape index (κ2) is 7.19. The molecule has 0 radical (unpaired) electrons. The molecule has 106 valence electrons. The predicted octanol–water partition coefficient (Wildman–Crippen LogP) is 1.60. The third-order valence-electron chi connectivity index (χ3n) is 3.11. The fourth-order valence-electron chi connectivity index (χ4n) is 1.96. The highest BCUT2D eigenvalue weighted by Crippen LogP contribution is 2.15. The number of nitrogens with two attached hydrogens (primary N) is 1. The minimum atomic E-state index is -0.657. The number of hydrogen-bond acceptors (Lipinski definition) is 4. The summed E-state index contributed by atoms with van der Waals surface area (Å²) >= 11 is 1.52. The Balaban J connectivity index is 1.86. The standard InChI is InChI=1S/C15H18N2O2S/c16-8-12-4-2-1-3-11(12)7-15(19)17-9-14(18)13-5-6-20-10-13/h1-6,10,14,18H,7-9,16H2,(H,17,19). The van der Waals surface area contributed by atoms with Gasteiger partial charge in [-0.15, -0.1) is 0 Å². The highest BCUT2D eigenvalue weighted by molar-refractivity contribution is 7.07. The Labute approximate surface area is 122 Å². The topological polar surface area (TPSA) is 75.4 Å². The average Bonchev–Trinajstić information content (AvgIpc) is 2.99. The van der Waals surface area contributed by atoms with Gasteiger partial charge in [0.25, 0.3) is 0 Å². The van der Waals surface area contributed by atoms with Crippen LogP contribution in [0, 0.1) is 0 Å². The minimum absolute atomic E-state index is 0.111. The SMILES string of the molecule is NCc1ccccc1CC(=O)NCC(O)c1ccsc1. The lowest BCUT2D eigenvalue weighted by Gasteiger charge is -2.12. The van der Waals surface area contributed by atoms with Gasteiger partial charge in [0.2, 0.25) is 5.91 Å². The monoisotopic (exact) mass is 290 g/mol. The largest absolute Gasteiger partial charge is 0.387 e. The molecule has 0 aliphatic carbocycles. The number of carbonyl (C=O) groups is 1. The van der Waals surface area contributed by atoms with E-state index in [1.165, 1.54) is 11.3 Å². The van der Waals surface area contributed by atoms with Crippen LogP contribution >= 0.6 is 11.3 Å². The van der Waals surface area contributed by atoms with Crippen LogP contribution in [0.3, 0.4) is 0 Å². The number of thiophene rings is 1. The maximum Gasteiger partial charge on any atom is 0.224 e. The molecular formula is C15H18N2O2S. The highest BCUT2D eigenvalue weighted by Gasteiger charge is 2.11. The second-order valence-electron chi connectivity index (χ2n) is 4.53. The summed E-state index contributed by atoms with van der Waals surface area (Å²) in [6, 6.07) is 9.47. The number of carbonyl (C=O) groups excluding carboxylic acids is 1. The molecule has 0 saturated heterocycles. The molecule has 1 atom stereocenters. The van der Waals surface area contributed by atoms with Crippen molar-refractivity contribution in [1.29, 1.82) is 0 Å². The molecule has 5 heteroatoms. The van der Waals surface area contributed by atoms with E-state index < -0.39 is 6.10 Å². The van der Waals surface area contributed by atoms with E-state index in [0.717, 1.165) is 16.7 Å². The molecule has 1 aromatic heterocycles. The number of hydrogen-bond donors (Lipinski definition) is 3. The predicted molar refractivity (Wildman–Crippen MR) is 80.3 cm³/mol. The van der Waals surface area contributed by atoms with Crippen LogP contribution in [0.25, 0.3) is 0 Å². The fraction of sp³-hybridized carbons (Fsp3) is 0.267. The number of rotatable bonds is 6. The number of benzene rings is 1. The van der Waals surface area contributed by atoms with Gasteiger partial charge in [0.1, 0.15) is 0 Å². The lowest BCUT2D eigenvalue weighted by molar-refractivity contribution is -0.120. The quantitative estimate of drug-likeness (QED) is 0.756. The van der Waals surface area contributed by atoms with Crippen LogP contribution in [0.15, 0.2) is 41.1 Å². The second-order valence-corrected chi connectivity index (χ2v) is 5.31. The summed E-state index contributed by atoms with van der Waals surface area (Å²) < 4.78 is 0. The van der Waals surface area contributed by atoms with Crippen molar-refractivity contribution in [3.8, 4) is 0 Å². The van der Waals surface area contributed by atoms with Crippen LogP contribution in [0.2, 0.25) is 0 Å². The van der Waals surface area contributed by atoms with E-state index in [2.05, 4.69) is 5.32 Å². The van der Waals surface area contributed by atoms with E-state index in [9.17, 15) is 9.90 Å². The van der Waals surface area contributed by atoms with Crippen LogP contribution < -0.4 is 11.1 Å². The first-order valence-corrected chi connectivity index (χ1v) is 7.38. The zero-order chi connectivity index (χ0) is 14.4. The van der Waals surface area contributed by atoms with Crippen molar-refractivity contribution in [2.75, 3.05) is 6.54 Å². The number of amides is 1. The van der Waals surface area contributed by atoms with Gasteiger partial charge in [-0.3, -0.25) is 4.79 Å². The molecule has 20 heavy (non-hydrogen) atoms. The summed E-state index contributed by atoms with van der Waals surface area (Å²) in [6.45, 7) is 0.640. The van der Waals surface area contributed by atoms with Gasteiger partial charge in [0, 0.05) is 13.1 Å². The maximum atomic E-state index is 11.9. The van der Waals surface area contributed by atoms with E-state index in [-0.39, 0.29) is 18.9 Å². The van der Waals surface area contributed by atoms with Crippen molar-refractivity contribution in [3.63, 3.8) is 0 Å². The van der Waals surface area contributed by atoms with Crippen molar-refractivity contribution in [1.82, 2.24) is 5.32 Å². The lowest BCUT2D eigenvalue weighted by atomic mass is 10.0. The number of nitrogens with one attached hydrogen (secondary N) is 1. The third-order valence-corrected chi connectivity index (χ3v) is 3.81. The molecule has 1 aromatic carbocycles. The van der Waals surface area contributed by atoms with E-state index >= 15 is 0 Å². The Bertz CT molecular complexity index is 555. The summed E-state index contributed by atoms with van der Waals surface area (Å²) in [6.07, 6.45) is -0.376. The van der Waals surface area contributed by atoms with Gasteiger partial charge in [-0.1, -0.05) is 24.3 Å². The molecule has 0 spiro atoms. The first kappa shape index (κ1) is 14.7. The molecule has 2 rings (SSSR count). The van der Waals surface area contributed by atoms with Gasteiger partial charge in [0.05, 0.1) is 12.5 Å². The summed E-state index contributed by atoms with van der Waals surface area (Å²) in [4.78, 5) is 11.9. The highest BCUT2D eigenvalue weighted by atomic mass is 32.1. The third kappa shape index (κ3) is 3.90. The van der Waals surface area contributed by atoms with Crippen LogP contribution in [0.5, 0.6) is 0 Å². The molecule has 0 aliphatic rings. The van der Waals surface area contributed by atoms with Crippen molar-refractivity contribution < 1.29 is 9.90 Å². The van der Waals surface area contributed by atoms with E-state index in [4.69, 9.17) is 5.73 Å². The molecule has 1 amide bonds. The van der Waals surface area contributed by atoms with Crippen molar-refractivity contribution >= 4 is 17.2 Å². The summed E-state index contributed by atoms with van der Waals surface area (Å²) in [7, 11) is 0. The molecule has 0 saturated carbocycles. The number of aliphatic hydroxyl groups excluding tert-OH is 1. The summed E-state index contributed by atoms with van der Waals surface area (Å²) in [5, 5.41) is 16.4. The van der Waals surface area contributed by atoms with Crippen LogP contribution in [-0.2, 0) is 17.8 Å². The molecule has 1 unspecified atom stereocenters. The normalized spacial score (nSPS) is 12.1. The molecule has 4 nitrogen and oxygen atoms in total. The van der Waals surface area contributed by atoms with Crippen LogP contribution in [0.4, 0.5) is 0 Å². The van der Waals surface area contributed by atoms with Gasteiger partial charge in [-0.2, -0.15) is 11.3 Å².